The average Bonchev–Trinajstić information content (AvgIpc) is 2.46. The van der Waals surface area contributed by atoms with Crippen molar-refractivity contribution in [3.05, 3.63) is 18.2 Å². The fourth-order valence-electron chi connectivity index (χ4n) is 1.61. The molecule has 0 unspecified atom stereocenters. The molecule has 20 heavy (non-hydrogen) atoms. The highest BCUT2D eigenvalue weighted by atomic mass is 127. The maximum atomic E-state index is 5.27. The van der Waals surface area contributed by atoms with Crippen molar-refractivity contribution in [3.63, 3.8) is 0 Å². The van der Waals surface area contributed by atoms with E-state index in [4.69, 9.17) is 9.47 Å². The zero-order chi connectivity index (χ0) is 14.1. The molecule has 0 radical (unpaired) electrons. The number of halogens is 1. The molecule has 6 heteroatoms. The fourth-order valence-corrected chi connectivity index (χ4v) is 1.61. The van der Waals surface area contributed by atoms with Crippen molar-refractivity contribution in [2.45, 2.75) is 19.8 Å². The molecule has 2 N–H and O–H groups in total. The zero-order valence-corrected chi connectivity index (χ0v) is 14.9. The lowest BCUT2D eigenvalue weighted by Gasteiger charge is -2.13. The van der Waals surface area contributed by atoms with E-state index in [0.717, 1.165) is 31.0 Å². The number of unbranched alkanes of at least 4 members (excludes halogenated alkanes) is 1. The second-order valence-corrected chi connectivity index (χ2v) is 4.05. The Balaban J connectivity index is 0.00000361. The number of benzene rings is 1. The predicted molar refractivity (Wildman–Crippen MR) is 94.9 cm³/mol. The van der Waals surface area contributed by atoms with Gasteiger partial charge < -0.3 is 20.1 Å². The summed E-state index contributed by atoms with van der Waals surface area (Å²) in [7, 11) is 4.99. The highest BCUT2D eigenvalue weighted by Crippen LogP contribution is 2.29. The summed E-state index contributed by atoms with van der Waals surface area (Å²) in [5.41, 5.74) is 0.905. The monoisotopic (exact) mass is 393 g/mol. The number of hydrogen-bond donors (Lipinski definition) is 2. The first kappa shape index (κ1) is 18.8. The van der Waals surface area contributed by atoms with Crippen molar-refractivity contribution in [1.82, 2.24) is 5.32 Å². The molecular formula is C14H24IN3O2. The van der Waals surface area contributed by atoms with Crippen LogP contribution in [0.4, 0.5) is 5.69 Å². The summed E-state index contributed by atoms with van der Waals surface area (Å²) in [5, 5.41) is 6.47. The summed E-state index contributed by atoms with van der Waals surface area (Å²) >= 11 is 0. The number of anilines is 1. The van der Waals surface area contributed by atoms with Gasteiger partial charge in [0.25, 0.3) is 0 Å². The zero-order valence-electron chi connectivity index (χ0n) is 12.5. The number of ether oxygens (including phenoxy) is 2. The third kappa shape index (κ3) is 5.85. The number of nitrogens with one attached hydrogen (secondary N) is 2. The number of aliphatic imine (C=N–C) groups is 1. The van der Waals surface area contributed by atoms with Gasteiger partial charge in [0.2, 0.25) is 0 Å². The summed E-state index contributed by atoms with van der Waals surface area (Å²) in [4.78, 5) is 4.18. The van der Waals surface area contributed by atoms with E-state index in [1.807, 2.05) is 18.2 Å². The van der Waals surface area contributed by atoms with Gasteiger partial charge in [-0.25, -0.2) is 0 Å². The lowest BCUT2D eigenvalue weighted by molar-refractivity contribution is 0.355. The van der Waals surface area contributed by atoms with Crippen LogP contribution >= 0.6 is 24.0 Å². The van der Waals surface area contributed by atoms with Gasteiger partial charge in [0.1, 0.15) is 0 Å². The van der Waals surface area contributed by atoms with Crippen LogP contribution in [0.2, 0.25) is 0 Å². The molecule has 0 aliphatic heterocycles. The third-order valence-electron chi connectivity index (χ3n) is 2.69. The molecule has 0 aromatic heterocycles. The number of guanidine groups is 1. The van der Waals surface area contributed by atoms with Crippen LogP contribution in [0.5, 0.6) is 11.5 Å². The maximum Gasteiger partial charge on any atom is 0.195 e. The Labute approximate surface area is 138 Å². The van der Waals surface area contributed by atoms with Crippen LogP contribution in [0.3, 0.4) is 0 Å². The van der Waals surface area contributed by atoms with E-state index in [-0.39, 0.29) is 24.0 Å². The number of nitrogens with zero attached hydrogens (tertiary/aromatic N) is 1. The van der Waals surface area contributed by atoms with Crippen LogP contribution in [-0.2, 0) is 0 Å². The van der Waals surface area contributed by atoms with Crippen LogP contribution in [0.1, 0.15) is 19.8 Å². The fraction of sp³-hybridized carbons (Fsp3) is 0.500. The van der Waals surface area contributed by atoms with Gasteiger partial charge in [0, 0.05) is 25.3 Å². The molecule has 114 valence electrons. The molecule has 0 heterocycles. The summed E-state index contributed by atoms with van der Waals surface area (Å²) in [5.74, 6) is 2.15. The maximum absolute atomic E-state index is 5.27. The van der Waals surface area contributed by atoms with Gasteiger partial charge in [-0.1, -0.05) is 13.3 Å². The first-order valence-corrected chi connectivity index (χ1v) is 6.44. The van der Waals surface area contributed by atoms with E-state index in [1.54, 1.807) is 21.3 Å². The third-order valence-corrected chi connectivity index (χ3v) is 2.69. The van der Waals surface area contributed by atoms with Gasteiger partial charge in [-0.3, -0.25) is 4.99 Å². The number of hydrogen-bond acceptors (Lipinski definition) is 3. The van der Waals surface area contributed by atoms with E-state index in [0.29, 0.717) is 11.5 Å². The summed E-state index contributed by atoms with van der Waals surface area (Å²) in [6.07, 6.45) is 2.27. The highest BCUT2D eigenvalue weighted by Gasteiger charge is 2.05. The van der Waals surface area contributed by atoms with Crippen LogP contribution in [0.25, 0.3) is 0 Å². The van der Waals surface area contributed by atoms with Crippen LogP contribution < -0.4 is 20.1 Å². The van der Waals surface area contributed by atoms with Crippen LogP contribution in [0, 0.1) is 0 Å². The summed E-state index contributed by atoms with van der Waals surface area (Å²) in [6, 6.07) is 5.67. The molecule has 1 aromatic carbocycles. The molecule has 0 fully saturated rings. The van der Waals surface area contributed by atoms with Gasteiger partial charge in [0.15, 0.2) is 17.5 Å². The van der Waals surface area contributed by atoms with Crippen molar-refractivity contribution >= 4 is 35.6 Å². The number of rotatable bonds is 6. The minimum atomic E-state index is 0. The number of methoxy groups -OCH3 is 2. The normalized spacial score (nSPS) is 10.5. The van der Waals surface area contributed by atoms with Gasteiger partial charge in [-0.15, -0.1) is 24.0 Å². The van der Waals surface area contributed by atoms with E-state index in [9.17, 15) is 0 Å². The average molecular weight is 393 g/mol. The SMILES string of the molecule is CCCCNC(=NC)Nc1ccc(OC)c(OC)c1.I. The first-order valence-electron chi connectivity index (χ1n) is 6.44. The molecule has 0 spiro atoms. The van der Waals surface area contributed by atoms with E-state index >= 15 is 0 Å². The topological polar surface area (TPSA) is 54.9 Å². The highest BCUT2D eigenvalue weighted by molar-refractivity contribution is 14.0. The Morgan fingerprint density at radius 3 is 2.45 bits per heavy atom. The van der Waals surface area contributed by atoms with Crippen molar-refractivity contribution in [2.75, 3.05) is 33.1 Å². The minimum absolute atomic E-state index is 0. The molecule has 0 aliphatic rings. The molecule has 0 bridgehead atoms. The summed E-state index contributed by atoms with van der Waals surface area (Å²) < 4.78 is 10.5. The van der Waals surface area contributed by atoms with Crippen molar-refractivity contribution < 1.29 is 9.47 Å². The Kier molecular flexibility index (Phi) is 9.96. The Morgan fingerprint density at radius 1 is 1.20 bits per heavy atom. The minimum Gasteiger partial charge on any atom is -0.493 e. The lowest BCUT2D eigenvalue weighted by atomic mass is 10.2. The van der Waals surface area contributed by atoms with E-state index in [1.165, 1.54) is 0 Å². The molecule has 0 saturated heterocycles. The molecular weight excluding hydrogens is 369 g/mol. The predicted octanol–water partition coefficient (Wildman–Crippen LogP) is 3.11. The first-order chi connectivity index (χ1) is 9.24. The molecule has 5 nitrogen and oxygen atoms in total. The second kappa shape index (κ2) is 10.6. The van der Waals surface area contributed by atoms with Crippen molar-refractivity contribution in [2.24, 2.45) is 4.99 Å². The standard InChI is InChI=1S/C14H23N3O2.HI/c1-5-6-9-16-14(15-2)17-11-7-8-12(18-3)13(10-11)19-4;/h7-8,10H,5-6,9H2,1-4H3,(H2,15,16,17);1H. The van der Waals surface area contributed by atoms with Crippen molar-refractivity contribution in [1.29, 1.82) is 0 Å². The van der Waals surface area contributed by atoms with Gasteiger partial charge >= 0.3 is 0 Å². The lowest BCUT2D eigenvalue weighted by Crippen LogP contribution is -2.31. The Hall–Kier alpha value is -1.18. The molecule has 0 amide bonds. The van der Waals surface area contributed by atoms with Gasteiger partial charge in [-0.05, 0) is 18.6 Å². The van der Waals surface area contributed by atoms with Crippen LogP contribution in [-0.4, -0.2) is 33.8 Å². The second-order valence-electron chi connectivity index (χ2n) is 4.05. The Morgan fingerprint density at radius 2 is 1.90 bits per heavy atom. The largest absolute Gasteiger partial charge is 0.493 e. The molecule has 0 saturated carbocycles. The van der Waals surface area contributed by atoms with Crippen LogP contribution in [0.15, 0.2) is 23.2 Å². The van der Waals surface area contributed by atoms with E-state index < -0.39 is 0 Å². The van der Waals surface area contributed by atoms with Gasteiger partial charge in [-0.2, -0.15) is 0 Å². The Bertz CT molecular complexity index is 425. The molecule has 0 aliphatic carbocycles. The van der Waals surface area contributed by atoms with Crippen molar-refractivity contribution in [3.8, 4) is 11.5 Å². The molecule has 0 atom stereocenters. The summed E-state index contributed by atoms with van der Waals surface area (Å²) in [6.45, 7) is 3.07. The van der Waals surface area contributed by atoms with Gasteiger partial charge in [0.05, 0.1) is 14.2 Å². The smallest absolute Gasteiger partial charge is 0.195 e. The quantitative estimate of drug-likeness (QED) is 0.338. The van der Waals surface area contributed by atoms with E-state index in [2.05, 4.69) is 22.5 Å². The molecule has 1 rings (SSSR count). The molecule has 1 aromatic rings.